The van der Waals surface area contributed by atoms with E-state index in [1.165, 1.54) is 44.3 Å². The van der Waals surface area contributed by atoms with E-state index in [1.807, 2.05) is 0 Å². The molecule has 5 nitrogen and oxygen atoms in total. The summed E-state index contributed by atoms with van der Waals surface area (Å²) in [6, 6.07) is 8.87. The van der Waals surface area contributed by atoms with Crippen LogP contribution < -0.4 is 10.5 Å². The summed E-state index contributed by atoms with van der Waals surface area (Å²) < 4.78 is 58.1. The standard InChI is InChI=1S/C20H19F4N3O2/c1-11-9-14(7-8-16(11)29-12(2)21)19(17(28)27(3)18(25)26-19)13-5-4-6-15(10-13)20(22,23)24/h4-10,12H,1-3H3,(H2,25,26). The maximum atomic E-state index is 13.3. The lowest BCUT2D eigenvalue weighted by molar-refractivity contribution is -0.138. The van der Waals surface area contributed by atoms with E-state index in [1.54, 1.807) is 6.92 Å². The second-order valence-electron chi connectivity index (χ2n) is 6.76. The molecule has 2 atom stereocenters. The summed E-state index contributed by atoms with van der Waals surface area (Å²) in [5.41, 5.74) is 3.96. The Morgan fingerprint density at radius 3 is 2.34 bits per heavy atom. The third-order valence-electron chi connectivity index (χ3n) is 4.73. The summed E-state index contributed by atoms with van der Waals surface area (Å²) >= 11 is 0. The van der Waals surface area contributed by atoms with Gasteiger partial charge in [-0.1, -0.05) is 18.2 Å². The lowest BCUT2D eigenvalue weighted by atomic mass is 9.81. The van der Waals surface area contributed by atoms with Crippen LogP contribution in [0.5, 0.6) is 5.75 Å². The molecule has 0 spiro atoms. The van der Waals surface area contributed by atoms with Crippen LogP contribution in [-0.4, -0.2) is 30.2 Å². The molecule has 2 unspecified atom stereocenters. The van der Waals surface area contributed by atoms with E-state index in [-0.39, 0.29) is 17.3 Å². The fourth-order valence-electron chi connectivity index (χ4n) is 3.29. The van der Waals surface area contributed by atoms with Gasteiger partial charge in [0.05, 0.1) is 5.56 Å². The molecule has 0 saturated carbocycles. The molecule has 0 bridgehead atoms. The van der Waals surface area contributed by atoms with Crippen molar-refractivity contribution < 1.29 is 27.1 Å². The highest BCUT2D eigenvalue weighted by Crippen LogP contribution is 2.42. The minimum atomic E-state index is -4.59. The van der Waals surface area contributed by atoms with Crippen molar-refractivity contribution in [3.63, 3.8) is 0 Å². The lowest BCUT2D eigenvalue weighted by Crippen LogP contribution is -2.41. The molecule has 0 fully saturated rings. The molecule has 9 heteroatoms. The number of nitrogens with two attached hydrogens (primary N) is 1. The number of rotatable bonds is 4. The van der Waals surface area contributed by atoms with Crippen LogP contribution in [0.25, 0.3) is 0 Å². The van der Waals surface area contributed by atoms with Gasteiger partial charge in [0.25, 0.3) is 5.91 Å². The first-order chi connectivity index (χ1) is 13.5. The molecule has 1 amide bonds. The van der Waals surface area contributed by atoms with Crippen molar-refractivity contribution in [1.82, 2.24) is 4.90 Å². The average Bonchev–Trinajstić information content (AvgIpc) is 2.87. The SMILES string of the molecule is Cc1cc(C2(c3cccc(C(F)(F)F)c3)N=C(N)N(C)C2=O)ccc1OC(C)F. The summed E-state index contributed by atoms with van der Waals surface area (Å²) in [4.78, 5) is 18.5. The van der Waals surface area contributed by atoms with Gasteiger partial charge in [0.2, 0.25) is 6.36 Å². The number of likely N-dealkylation sites (N-methyl/N-ethyl adjacent to an activating group) is 1. The first kappa shape index (κ1) is 20.6. The van der Waals surface area contributed by atoms with E-state index in [0.29, 0.717) is 11.1 Å². The van der Waals surface area contributed by atoms with Gasteiger partial charge in [-0.2, -0.15) is 13.2 Å². The number of carbonyl (C=O) groups excluding carboxylic acids is 1. The molecule has 2 aromatic rings. The highest BCUT2D eigenvalue weighted by atomic mass is 19.4. The van der Waals surface area contributed by atoms with E-state index in [9.17, 15) is 22.4 Å². The van der Waals surface area contributed by atoms with Gasteiger partial charge in [0.1, 0.15) is 5.75 Å². The average molecular weight is 409 g/mol. The van der Waals surface area contributed by atoms with E-state index in [4.69, 9.17) is 10.5 Å². The van der Waals surface area contributed by atoms with Gasteiger partial charge < -0.3 is 10.5 Å². The Labute approximate surface area is 164 Å². The largest absolute Gasteiger partial charge is 0.460 e. The zero-order valence-electron chi connectivity index (χ0n) is 15.9. The Morgan fingerprint density at radius 2 is 1.83 bits per heavy atom. The number of aliphatic imine (C=N–C) groups is 1. The molecule has 0 aromatic heterocycles. The van der Waals surface area contributed by atoms with Crippen LogP contribution >= 0.6 is 0 Å². The third-order valence-corrected chi connectivity index (χ3v) is 4.73. The molecular formula is C20H19F4N3O2. The van der Waals surface area contributed by atoms with E-state index < -0.39 is 29.5 Å². The quantitative estimate of drug-likeness (QED) is 0.783. The van der Waals surface area contributed by atoms with E-state index in [0.717, 1.165) is 17.0 Å². The monoisotopic (exact) mass is 409 g/mol. The molecule has 1 aliphatic heterocycles. The molecule has 29 heavy (non-hydrogen) atoms. The maximum absolute atomic E-state index is 13.3. The van der Waals surface area contributed by atoms with Crippen molar-refractivity contribution in [1.29, 1.82) is 0 Å². The number of carbonyl (C=O) groups is 1. The highest BCUT2D eigenvalue weighted by molar-refractivity contribution is 6.08. The fourth-order valence-corrected chi connectivity index (χ4v) is 3.29. The molecule has 154 valence electrons. The number of hydrogen-bond donors (Lipinski definition) is 1. The number of guanidine groups is 1. The van der Waals surface area contributed by atoms with E-state index >= 15 is 0 Å². The summed E-state index contributed by atoms with van der Waals surface area (Å²) in [6.07, 6.45) is -6.14. The number of alkyl halides is 4. The van der Waals surface area contributed by atoms with Gasteiger partial charge in [-0.15, -0.1) is 0 Å². The summed E-state index contributed by atoms with van der Waals surface area (Å²) in [5, 5.41) is 0. The van der Waals surface area contributed by atoms with Crippen molar-refractivity contribution >= 4 is 11.9 Å². The lowest BCUT2D eigenvalue weighted by Gasteiger charge is -2.27. The topological polar surface area (TPSA) is 67.9 Å². The summed E-state index contributed by atoms with van der Waals surface area (Å²) in [7, 11) is 1.39. The van der Waals surface area contributed by atoms with Gasteiger partial charge in [0.15, 0.2) is 11.5 Å². The minimum Gasteiger partial charge on any atom is -0.460 e. The van der Waals surface area contributed by atoms with Gasteiger partial charge >= 0.3 is 6.18 Å². The Bertz CT molecular complexity index is 988. The Kier molecular flexibility index (Phi) is 5.02. The zero-order chi connectivity index (χ0) is 21.6. The van der Waals surface area contributed by atoms with Crippen LogP contribution in [0.3, 0.4) is 0 Å². The van der Waals surface area contributed by atoms with Gasteiger partial charge in [-0.25, -0.2) is 9.38 Å². The first-order valence-electron chi connectivity index (χ1n) is 8.70. The molecule has 0 radical (unpaired) electrons. The summed E-state index contributed by atoms with van der Waals surface area (Å²) in [5.74, 6) is -0.470. The van der Waals surface area contributed by atoms with Gasteiger partial charge in [-0.05, 0) is 47.9 Å². The van der Waals surface area contributed by atoms with Crippen molar-refractivity contribution in [3.05, 3.63) is 64.7 Å². The van der Waals surface area contributed by atoms with Crippen LogP contribution in [0, 0.1) is 6.92 Å². The highest BCUT2D eigenvalue weighted by Gasteiger charge is 2.50. The fraction of sp³-hybridized carbons (Fsp3) is 0.300. The molecular weight excluding hydrogens is 390 g/mol. The molecule has 1 heterocycles. The van der Waals surface area contributed by atoms with E-state index in [2.05, 4.69) is 4.99 Å². The number of aryl methyl sites for hydroxylation is 1. The molecule has 3 rings (SSSR count). The van der Waals surface area contributed by atoms with Crippen LogP contribution in [0.2, 0.25) is 0 Å². The molecule has 1 aliphatic rings. The number of ether oxygens (including phenoxy) is 1. The van der Waals surface area contributed by atoms with Crippen LogP contribution in [0.15, 0.2) is 47.5 Å². The number of benzene rings is 2. The van der Waals surface area contributed by atoms with Crippen molar-refractivity contribution in [3.8, 4) is 5.75 Å². The number of hydrogen-bond acceptors (Lipinski definition) is 4. The van der Waals surface area contributed by atoms with Crippen molar-refractivity contribution in [2.45, 2.75) is 31.9 Å². The van der Waals surface area contributed by atoms with Crippen LogP contribution in [0.4, 0.5) is 17.6 Å². The zero-order valence-corrected chi connectivity index (χ0v) is 15.9. The Balaban J connectivity index is 2.23. The van der Waals surface area contributed by atoms with Gasteiger partial charge in [0, 0.05) is 14.0 Å². The van der Waals surface area contributed by atoms with Gasteiger partial charge in [-0.3, -0.25) is 9.69 Å². The Morgan fingerprint density at radius 1 is 1.17 bits per heavy atom. The molecule has 0 aliphatic carbocycles. The number of halogens is 4. The number of amides is 1. The second-order valence-corrected chi connectivity index (χ2v) is 6.76. The van der Waals surface area contributed by atoms with Crippen LogP contribution in [0.1, 0.15) is 29.2 Å². The van der Waals surface area contributed by atoms with Crippen molar-refractivity contribution in [2.24, 2.45) is 10.7 Å². The Hall–Kier alpha value is -3.10. The molecule has 2 aromatic carbocycles. The minimum absolute atomic E-state index is 0.0246. The second kappa shape index (κ2) is 7.06. The maximum Gasteiger partial charge on any atom is 0.416 e. The third kappa shape index (κ3) is 3.52. The first-order valence-corrected chi connectivity index (χ1v) is 8.70. The van der Waals surface area contributed by atoms with Crippen LogP contribution in [-0.2, 0) is 16.5 Å². The predicted octanol–water partition coefficient (Wildman–Crippen LogP) is 3.74. The summed E-state index contributed by atoms with van der Waals surface area (Å²) in [6.45, 7) is 2.86. The molecule has 0 saturated heterocycles. The number of nitrogens with zero attached hydrogens (tertiary/aromatic N) is 2. The normalized spacial score (nSPS) is 20.6. The molecule has 2 N–H and O–H groups in total. The predicted molar refractivity (Wildman–Crippen MR) is 99.0 cm³/mol. The van der Waals surface area contributed by atoms with Crippen molar-refractivity contribution in [2.75, 3.05) is 7.05 Å². The smallest absolute Gasteiger partial charge is 0.416 e.